The number of likely N-dealkylation sites (N-methyl/N-ethyl adjacent to an activating group) is 1. The molecule has 0 saturated heterocycles. The Hall–Kier alpha value is -3.58. The zero-order chi connectivity index (χ0) is 24.2. The fourth-order valence-electron chi connectivity index (χ4n) is 3.86. The van der Waals surface area contributed by atoms with E-state index in [4.69, 9.17) is 14.6 Å². The van der Waals surface area contributed by atoms with Crippen LogP contribution in [0.15, 0.2) is 65.1 Å². The van der Waals surface area contributed by atoms with Crippen molar-refractivity contribution in [1.29, 1.82) is 0 Å². The molecule has 6 nitrogen and oxygen atoms in total. The van der Waals surface area contributed by atoms with Crippen molar-refractivity contribution in [3.8, 4) is 11.5 Å². The van der Waals surface area contributed by atoms with Gasteiger partial charge in [0.1, 0.15) is 6.61 Å². The lowest BCUT2D eigenvalue weighted by Crippen LogP contribution is -2.25. The standard InChI is InChI=1S/C27H24BrNO5/c1-3-29-23-8-6-5-7-20(23)21(26(29)30)13-19-14-24(33-4-2)25(15-22(19)28)34-16-17-9-11-18(12-10-17)27(31)32/h5-15H,3-4,16H2,1-2H3,(H,31,32)/b21-13-. The molecule has 3 aromatic rings. The molecule has 0 aromatic heterocycles. The number of carbonyl (C=O) groups excluding carboxylic acids is 1. The normalized spacial score (nSPS) is 13.8. The molecule has 34 heavy (non-hydrogen) atoms. The van der Waals surface area contributed by atoms with Crippen molar-refractivity contribution in [3.63, 3.8) is 0 Å². The first kappa shape index (κ1) is 23.6. The molecule has 0 atom stereocenters. The van der Waals surface area contributed by atoms with Crippen molar-refractivity contribution in [1.82, 2.24) is 0 Å². The summed E-state index contributed by atoms with van der Waals surface area (Å²) in [6.45, 7) is 5.15. The Balaban J connectivity index is 1.64. The van der Waals surface area contributed by atoms with Crippen molar-refractivity contribution < 1.29 is 24.2 Å². The number of anilines is 1. The second-order valence-electron chi connectivity index (χ2n) is 7.67. The van der Waals surface area contributed by atoms with Crippen LogP contribution in [-0.2, 0) is 11.4 Å². The molecule has 0 bridgehead atoms. The van der Waals surface area contributed by atoms with E-state index in [9.17, 15) is 9.59 Å². The van der Waals surface area contributed by atoms with Crippen LogP contribution in [0.5, 0.6) is 11.5 Å². The van der Waals surface area contributed by atoms with Gasteiger partial charge in [-0.2, -0.15) is 0 Å². The highest BCUT2D eigenvalue weighted by atomic mass is 79.9. The number of aromatic carboxylic acids is 1. The minimum absolute atomic E-state index is 0.0290. The van der Waals surface area contributed by atoms with Crippen molar-refractivity contribution in [2.45, 2.75) is 20.5 Å². The van der Waals surface area contributed by atoms with E-state index >= 15 is 0 Å². The highest BCUT2D eigenvalue weighted by Gasteiger charge is 2.31. The van der Waals surface area contributed by atoms with E-state index in [1.807, 2.05) is 56.3 Å². The third kappa shape index (κ3) is 4.70. The Labute approximate surface area is 206 Å². The van der Waals surface area contributed by atoms with Crippen LogP contribution in [0.3, 0.4) is 0 Å². The number of rotatable bonds is 8. The monoisotopic (exact) mass is 521 g/mol. The smallest absolute Gasteiger partial charge is 0.335 e. The number of hydrogen-bond acceptors (Lipinski definition) is 4. The fourth-order valence-corrected chi connectivity index (χ4v) is 4.30. The number of carboxylic acid groups (broad SMARTS) is 1. The largest absolute Gasteiger partial charge is 0.490 e. The highest BCUT2D eigenvalue weighted by molar-refractivity contribution is 9.10. The van der Waals surface area contributed by atoms with E-state index in [0.29, 0.717) is 30.2 Å². The Kier molecular flexibility index (Phi) is 7.03. The zero-order valence-corrected chi connectivity index (χ0v) is 20.5. The Morgan fingerprint density at radius 3 is 2.41 bits per heavy atom. The third-order valence-electron chi connectivity index (χ3n) is 5.53. The van der Waals surface area contributed by atoms with E-state index in [1.54, 1.807) is 29.2 Å². The van der Waals surface area contributed by atoms with Crippen molar-refractivity contribution in [2.24, 2.45) is 0 Å². The molecule has 174 valence electrons. The maximum absolute atomic E-state index is 13.1. The van der Waals surface area contributed by atoms with Crippen LogP contribution in [0.25, 0.3) is 11.6 Å². The molecule has 7 heteroatoms. The lowest BCUT2D eigenvalue weighted by Gasteiger charge is -2.15. The lowest BCUT2D eigenvalue weighted by molar-refractivity contribution is -0.112. The van der Waals surface area contributed by atoms with Crippen molar-refractivity contribution in [2.75, 3.05) is 18.1 Å². The molecule has 0 unspecified atom stereocenters. The van der Waals surface area contributed by atoms with Gasteiger partial charge in [-0.25, -0.2) is 4.79 Å². The molecule has 0 spiro atoms. The molecule has 0 aliphatic carbocycles. The SMILES string of the molecule is CCOc1cc(/C=C2\C(=O)N(CC)c3ccccc32)c(Br)cc1OCc1ccc(C(=O)O)cc1. The van der Waals surface area contributed by atoms with Gasteiger partial charge in [0.25, 0.3) is 5.91 Å². The summed E-state index contributed by atoms with van der Waals surface area (Å²) in [4.78, 5) is 25.9. The van der Waals surface area contributed by atoms with Gasteiger partial charge in [-0.1, -0.05) is 46.3 Å². The molecule has 1 aliphatic rings. The second kappa shape index (κ2) is 10.1. The Bertz CT molecular complexity index is 1270. The Morgan fingerprint density at radius 1 is 1.03 bits per heavy atom. The topological polar surface area (TPSA) is 76.1 Å². The van der Waals surface area contributed by atoms with Crippen molar-refractivity contribution in [3.05, 3.63) is 87.4 Å². The molecule has 0 saturated carbocycles. The van der Waals surface area contributed by atoms with Gasteiger partial charge in [0.2, 0.25) is 0 Å². The van der Waals surface area contributed by atoms with Crippen LogP contribution < -0.4 is 14.4 Å². The summed E-state index contributed by atoms with van der Waals surface area (Å²) in [6.07, 6.45) is 1.87. The number of halogens is 1. The molecule has 1 heterocycles. The number of benzene rings is 3. The minimum atomic E-state index is -0.967. The molecule has 3 aromatic carbocycles. The number of ether oxygens (including phenoxy) is 2. The van der Waals surface area contributed by atoms with Crippen LogP contribution in [0, 0.1) is 0 Å². The van der Waals surface area contributed by atoms with Gasteiger partial charge in [0.15, 0.2) is 11.5 Å². The zero-order valence-electron chi connectivity index (χ0n) is 18.9. The number of fused-ring (bicyclic) bond motifs is 1. The molecular formula is C27H24BrNO5. The van der Waals surface area contributed by atoms with Crippen LogP contribution >= 0.6 is 15.9 Å². The number of carbonyl (C=O) groups is 2. The van der Waals surface area contributed by atoms with E-state index in [1.165, 1.54) is 0 Å². The van der Waals surface area contributed by atoms with E-state index in [0.717, 1.165) is 26.9 Å². The summed E-state index contributed by atoms with van der Waals surface area (Å²) in [7, 11) is 0. The molecule has 4 rings (SSSR count). The molecule has 0 radical (unpaired) electrons. The van der Waals surface area contributed by atoms with Crippen LogP contribution in [0.1, 0.15) is 40.9 Å². The first-order chi connectivity index (χ1) is 16.4. The number of para-hydroxylation sites is 1. The predicted octanol–water partition coefficient (Wildman–Crippen LogP) is 6.03. The number of amides is 1. The van der Waals surface area contributed by atoms with Crippen LogP contribution in [0.4, 0.5) is 5.69 Å². The minimum Gasteiger partial charge on any atom is -0.490 e. The molecule has 0 fully saturated rings. The summed E-state index contributed by atoms with van der Waals surface area (Å²) in [6, 6.07) is 18.0. The number of nitrogens with zero attached hydrogens (tertiary/aromatic N) is 1. The summed E-state index contributed by atoms with van der Waals surface area (Å²) < 4.78 is 12.6. The molecular weight excluding hydrogens is 498 g/mol. The van der Waals surface area contributed by atoms with E-state index in [-0.39, 0.29) is 18.1 Å². The van der Waals surface area contributed by atoms with Crippen LogP contribution in [0.2, 0.25) is 0 Å². The highest BCUT2D eigenvalue weighted by Crippen LogP contribution is 2.40. The summed E-state index contributed by atoms with van der Waals surface area (Å²) in [5.41, 5.74) is 4.32. The summed E-state index contributed by atoms with van der Waals surface area (Å²) in [5, 5.41) is 9.06. The maximum Gasteiger partial charge on any atom is 0.335 e. The Morgan fingerprint density at radius 2 is 1.74 bits per heavy atom. The van der Waals surface area contributed by atoms with Crippen molar-refractivity contribution >= 4 is 45.1 Å². The van der Waals surface area contributed by atoms with Gasteiger partial charge in [0, 0.05) is 22.2 Å². The van der Waals surface area contributed by atoms with E-state index < -0.39 is 5.97 Å². The van der Waals surface area contributed by atoms with Gasteiger partial charge in [-0.3, -0.25) is 4.79 Å². The third-order valence-corrected chi connectivity index (χ3v) is 6.22. The molecule has 1 aliphatic heterocycles. The van der Waals surface area contributed by atoms with Gasteiger partial charge >= 0.3 is 5.97 Å². The van der Waals surface area contributed by atoms with Gasteiger partial charge in [0.05, 0.1) is 17.9 Å². The predicted molar refractivity (Wildman–Crippen MR) is 135 cm³/mol. The number of hydrogen-bond donors (Lipinski definition) is 1. The van der Waals surface area contributed by atoms with Gasteiger partial charge in [-0.05, 0) is 61.4 Å². The first-order valence-electron chi connectivity index (χ1n) is 11.0. The molecule has 1 amide bonds. The maximum atomic E-state index is 13.1. The second-order valence-corrected chi connectivity index (χ2v) is 8.52. The average Bonchev–Trinajstić information content (AvgIpc) is 3.11. The lowest BCUT2D eigenvalue weighted by atomic mass is 10.0. The molecule has 1 N–H and O–H groups in total. The summed E-state index contributed by atoms with van der Waals surface area (Å²) in [5.74, 6) is 0.112. The fraction of sp³-hybridized carbons (Fsp3) is 0.185. The van der Waals surface area contributed by atoms with Crippen LogP contribution in [-0.4, -0.2) is 30.1 Å². The quantitative estimate of drug-likeness (QED) is 0.366. The van der Waals surface area contributed by atoms with Gasteiger partial charge < -0.3 is 19.5 Å². The average molecular weight is 522 g/mol. The van der Waals surface area contributed by atoms with Gasteiger partial charge in [-0.15, -0.1) is 0 Å². The van der Waals surface area contributed by atoms with E-state index in [2.05, 4.69) is 15.9 Å². The summed E-state index contributed by atoms with van der Waals surface area (Å²) >= 11 is 3.61. The number of carboxylic acids is 1. The first-order valence-corrected chi connectivity index (χ1v) is 11.8.